The quantitative estimate of drug-likeness (QED) is 0.115. The molecule has 1 rings (SSSR count). The minimum atomic E-state index is -1.81. The second kappa shape index (κ2) is 37.8. The van der Waals surface area contributed by atoms with Gasteiger partial charge in [-0.3, -0.25) is 52.7 Å². The number of thioether (sulfide) groups is 1. The van der Waals surface area contributed by atoms with Gasteiger partial charge in [-0.25, -0.2) is 0 Å². The molecule has 0 bridgehead atoms. The summed E-state index contributed by atoms with van der Waals surface area (Å²) in [7, 11) is 13.8. The number of rotatable bonds is 19. The maximum absolute atomic E-state index is 16.1. The Morgan fingerprint density at radius 1 is 0.560 bits per heavy atom. The molecule has 1 aliphatic rings. The Labute approximate surface area is 550 Å². The highest BCUT2D eigenvalue weighted by molar-refractivity contribution is 8.01. The predicted octanol–water partition coefficient (Wildman–Crippen LogP) is 3.89. The molecule has 0 aliphatic carbocycles. The maximum Gasteiger partial charge on any atom is 0.259 e. The fraction of sp³-hybridized carbons (Fsp3) is 0.803. The second-order valence-electron chi connectivity index (χ2n) is 27.8. The fourth-order valence-corrected chi connectivity index (χ4v) is 13.0. The molecule has 5 N–H and O–H groups in total. The Morgan fingerprint density at radius 3 is 1.47 bits per heavy atom. The molecule has 12 atom stereocenters. The van der Waals surface area contributed by atoms with E-state index in [1.54, 1.807) is 47.6 Å². The molecule has 1 saturated heterocycles. The zero-order chi connectivity index (χ0) is 70.6. The van der Waals surface area contributed by atoms with Gasteiger partial charge in [-0.15, -0.1) is 11.8 Å². The lowest BCUT2D eigenvalue weighted by atomic mass is 9.91. The Morgan fingerprint density at radius 2 is 1.01 bits per heavy atom. The van der Waals surface area contributed by atoms with Crippen LogP contribution < -0.4 is 21.3 Å². The van der Waals surface area contributed by atoms with Crippen molar-refractivity contribution in [3.8, 4) is 0 Å². The summed E-state index contributed by atoms with van der Waals surface area (Å²) in [5.41, 5.74) is 0. The smallest absolute Gasteiger partial charge is 0.259 e. The molecule has 522 valence electrons. The van der Waals surface area contributed by atoms with E-state index in [2.05, 4.69) is 21.3 Å². The largest absolute Gasteiger partial charge is 0.390 e. The van der Waals surface area contributed by atoms with Crippen molar-refractivity contribution >= 4 is 76.7 Å². The molecule has 0 radical (unpaired) electrons. The molecule has 1 fully saturated rings. The highest BCUT2D eigenvalue weighted by Gasteiger charge is 2.54. The average Bonchev–Trinajstić information content (AvgIpc) is 0.776. The summed E-state index contributed by atoms with van der Waals surface area (Å²) in [5, 5.41) is 23.5. The molecule has 0 aromatic rings. The van der Waals surface area contributed by atoms with Gasteiger partial charge in [0.25, 0.3) is 5.91 Å². The summed E-state index contributed by atoms with van der Waals surface area (Å²) >= 11 is 1.18. The first kappa shape index (κ1) is 83.2. The molecule has 24 nitrogen and oxygen atoms in total. The number of carbonyl (C=O) groups excluding carboxylic acids is 11. The van der Waals surface area contributed by atoms with Gasteiger partial charge in [-0.05, 0) is 115 Å². The number of allylic oxidation sites excluding steroid dienone is 2. The predicted molar refractivity (Wildman–Crippen MR) is 358 cm³/mol. The van der Waals surface area contributed by atoms with Gasteiger partial charge in [0.05, 0.1) is 12.6 Å². The van der Waals surface area contributed by atoms with E-state index >= 15 is 19.2 Å². The van der Waals surface area contributed by atoms with Crippen molar-refractivity contribution in [1.29, 1.82) is 0 Å². The number of carbonyl (C=O) groups is 11. The van der Waals surface area contributed by atoms with Crippen LogP contribution in [0.4, 0.5) is 0 Å². The topological polar surface area (TPSA) is 282 Å². The maximum atomic E-state index is 16.1. The van der Waals surface area contributed by atoms with Gasteiger partial charge in [-0.2, -0.15) is 0 Å². The summed E-state index contributed by atoms with van der Waals surface area (Å²) in [6.45, 7) is 30.0. The SMILES string of the molecule is C/C=C/C[C@@H](C)[C@@H](O)[C@H]1C(=O)N[C@@H](CC)C(=O)N(C)CC(=O)N(C)[C@@H](CC(C)C)C(=O)N[C@@H](C(C)C)C(=O)N(C)[C@@H](CC(C)C)C(=O)N[C@@H](C)C(=O)N[C@H](C)C(=O)N(C)[C@@H](CC(C)C)C(=O)N(C)[C@@H](CC(C)C)C(=O)N(C)[C@](SCCN(C)C)(C(C)C)C(=O)N1C. The zero-order valence-corrected chi connectivity index (χ0v) is 61.1. The zero-order valence-electron chi connectivity index (χ0n) is 60.3. The summed E-state index contributed by atoms with van der Waals surface area (Å²) in [6.07, 6.45) is 2.96. The minimum Gasteiger partial charge on any atom is -0.390 e. The second-order valence-corrected chi connectivity index (χ2v) is 29.1. The van der Waals surface area contributed by atoms with Gasteiger partial charge in [0.1, 0.15) is 54.4 Å². The lowest BCUT2D eigenvalue weighted by Gasteiger charge is -2.48. The Balaban J connectivity index is 4.55. The standard InChI is InChI=1S/C66H120N12O12S/c1-27-29-30-44(15)55(80)54-59(84)69-47(28-2)61(86)72(20)37-52(79)73(21)48(33-38(3)4)58(83)70-53(42(11)12)64(89)74(22)49(34-39(5)6)57(82)67-45(16)56(81)68-46(17)60(85)75(23)50(35-40(7)8)62(87)76(24)51(36-41(9)10)63(88)78(26)66(43(13)14,65(90)77(54)25)91-32-31-71(18)19/h27,29,38-51,53-55,80H,28,30-37H2,1-26H3,(H,67,82)(H,68,81)(H,69,84)(H,70,83)/b29-27+/t44-,45+,46-,47+,48+,49+,50+,51+,53+,54+,55-,66+/m1/s1. The van der Waals surface area contributed by atoms with Crippen molar-refractivity contribution in [3.05, 3.63) is 12.2 Å². The third-order valence-corrected chi connectivity index (χ3v) is 18.9. The van der Waals surface area contributed by atoms with Crippen molar-refractivity contribution in [2.75, 3.05) is 82.3 Å². The summed E-state index contributed by atoms with van der Waals surface area (Å²) in [4.78, 5) is 172. The summed E-state index contributed by atoms with van der Waals surface area (Å²) < 4.78 is 0. The lowest BCUT2D eigenvalue weighted by Crippen LogP contribution is -2.68. The van der Waals surface area contributed by atoms with E-state index < -0.39 is 155 Å². The van der Waals surface area contributed by atoms with Gasteiger partial charge in [0.15, 0.2) is 4.87 Å². The van der Waals surface area contributed by atoms with E-state index in [1.165, 1.54) is 99.4 Å². The van der Waals surface area contributed by atoms with Crippen molar-refractivity contribution < 1.29 is 57.8 Å². The highest BCUT2D eigenvalue weighted by atomic mass is 32.2. The number of hydrogen-bond donors (Lipinski definition) is 5. The third kappa shape index (κ3) is 23.0. The van der Waals surface area contributed by atoms with Crippen LogP contribution in [0.3, 0.4) is 0 Å². The van der Waals surface area contributed by atoms with Gasteiger partial charge >= 0.3 is 0 Å². The first-order valence-electron chi connectivity index (χ1n) is 32.6. The highest BCUT2D eigenvalue weighted by Crippen LogP contribution is 2.40. The van der Waals surface area contributed by atoms with E-state index in [-0.39, 0.29) is 55.8 Å². The van der Waals surface area contributed by atoms with Crippen LogP contribution in [-0.4, -0.2) is 257 Å². The van der Waals surface area contributed by atoms with Gasteiger partial charge in [0, 0.05) is 61.6 Å². The van der Waals surface area contributed by atoms with Crippen LogP contribution in [0.15, 0.2) is 12.2 Å². The normalized spacial score (nSPS) is 26.8. The molecular formula is C66H120N12O12S. The molecule has 0 aromatic heterocycles. The molecule has 25 heteroatoms. The number of aliphatic hydroxyl groups is 1. The van der Waals surface area contributed by atoms with Crippen LogP contribution in [-0.2, 0) is 52.7 Å². The van der Waals surface area contributed by atoms with E-state index in [1.807, 2.05) is 87.4 Å². The van der Waals surface area contributed by atoms with Crippen molar-refractivity contribution in [3.63, 3.8) is 0 Å². The number of nitrogens with one attached hydrogen (secondary N) is 4. The van der Waals surface area contributed by atoms with Crippen molar-refractivity contribution in [2.45, 2.75) is 222 Å². The molecule has 0 saturated carbocycles. The van der Waals surface area contributed by atoms with Gasteiger partial charge in [-0.1, -0.05) is 109 Å². The minimum absolute atomic E-state index is 0.0107. The summed E-state index contributed by atoms with van der Waals surface area (Å²) in [5.74, 6) is -9.64. The van der Waals surface area contributed by atoms with E-state index in [4.69, 9.17) is 0 Å². The number of likely N-dealkylation sites (N-methyl/N-ethyl adjacent to an activating group) is 7. The lowest BCUT2D eigenvalue weighted by molar-refractivity contribution is -0.159. The Bertz CT molecular complexity index is 2490. The van der Waals surface area contributed by atoms with E-state index in [9.17, 15) is 38.7 Å². The van der Waals surface area contributed by atoms with Crippen LogP contribution in [0.25, 0.3) is 0 Å². The van der Waals surface area contributed by atoms with Crippen LogP contribution >= 0.6 is 11.8 Å². The number of nitrogens with zero attached hydrogens (tertiary/aromatic N) is 8. The average molecular weight is 1310 g/mol. The first-order valence-corrected chi connectivity index (χ1v) is 33.6. The molecule has 11 amide bonds. The molecule has 0 aromatic carbocycles. The molecule has 1 heterocycles. The third-order valence-electron chi connectivity index (χ3n) is 17.2. The van der Waals surface area contributed by atoms with Crippen LogP contribution in [0.1, 0.15) is 156 Å². The molecule has 1 aliphatic heterocycles. The summed E-state index contributed by atoms with van der Waals surface area (Å²) in [6, 6.07) is -11.3. The fourth-order valence-electron chi connectivity index (χ4n) is 11.3. The van der Waals surface area contributed by atoms with Crippen molar-refractivity contribution in [2.24, 2.45) is 41.4 Å². The van der Waals surface area contributed by atoms with Crippen molar-refractivity contribution in [1.82, 2.24) is 60.5 Å². The number of hydrogen-bond acceptors (Lipinski definition) is 14. The first-order chi connectivity index (χ1) is 42.0. The van der Waals surface area contributed by atoms with Gasteiger partial charge in [0.2, 0.25) is 59.1 Å². The Hall–Kier alpha value is -5.82. The Kier molecular flexibility index (Phi) is 34.5. The van der Waals surface area contributed by atoms with Crippen LogP contribution in [0, 0.1) is 41.4 Å². The number of amides is 11. The molecule has 0 unspecified atom stereocenters. The van der Waals surface area contributed by atoms with E-state index in [0.29, 0.717) is 18.7 Å². The molecule has 91 heavy (non-hydrogen) atoms. The molecule has 0 spiro atoms. The van der Waals surface area contributed by atoms with Crippen LogP contribution in [0.2, 0.25) is 0 Å². The monoisotopic (exact) mass is 1300 g/mol. The number of aliphatic hydroxyl groups excluding tert-OH is 1. The van der Waals surface area contributed by atoms with Gasteiger partial charge < -0.3 is 65.6 Å². The van der Waals surface area contributed by atoms with Crippen LogP contribution in [0.5, 0.6) is 0 Å². The molecular weight excluding hydrogens is 1180 g/mol. The van der Waals surface area contributed by atoms with E-state index in [0.717, 1.165) is 9.80 Å².